The smallest absolute Gasteiger partial charge is 0.163 e. The van der Waals surface area contributed by atoms with Crippen LogP contribution < -0.4 is 0 Å². The van der Waals surface area contributed by atoms with Gasteiger partial charge in [-0.15, -0.1) is 0 Å². The number of rotatable bonds is 2. The van der Waals surface area contributed by atoms with E-state index in [9.17, 15) is 0 Å². The molecule has 96 valence electrons. The minimum absolute atomic E-state index is 0.0297. The zero-order valence-electron chi connectivity index (χ0n) is 10.4. The highest BCUT2D eigenvalue weighted by molar-refractivity contribution is 6.31. The van der Waals surface area contributed by atoms with Crippen LogP contribution in [0.2, 0.25) is 5.02 Å². The highest BCUT2D eigenvalue weighted by Gasteiger charge is 2.33. The molecule has 1 aliphatic rings. The zero-order valence-corrected chi connectivity index (χ0v) is 11.1. The lowest BCUT2D eigenvalue weighted by atomic mass is 10.2. The van der Waals surface area contributed by atoms with Crippen LogP contribution >= 0.6 is 11.6 Å². The molecule has 0 saturated carbocycles. The number of nitrogens with zero attached hydrogens (tertiary/aromatic N) is 2. The van der Waals surface area contributed by atoms with Gasteiger partial charge in [0, 0.05) is 10.4 Å². The number of hydrogen-bond acceptors (Lipinski definition) is 3. The highest BCUT2D eigenvalue weighted by atomic mass is 35.5. The van der Waals surface area contributed by atoms with Gasteiger partial charge in [-0.1, -0.05) is 11.6 Å². The van der Waals surface area contributed by atoms with Gasteiger partial charge in [0.1, 0.15) is 6.10 Å². The van der Waals surface area contributed by atoms with Crippen molar-refractivity contribution in [1.82, 2.24) is 9.78 Å². The molecule has 0 N–H and O–H groups in total. The van der Waals surface area contributed by atoms with Gasteiger partial charge in [0.15, 0.2) is 5.79 Å². The van der Waals surface area contributed by atoms with E-state index in [0.29, 0.717) is 18.2 Å². The minimum atomic E-state index is -0.495. The van der Waals surface area contributed by atoms with Crippen LogP contribution in [0.3, 0.4) is 0 Å². The second-order valence-electron chi connectivity index (χ2n) is 4.98. The molecule has 1 aliphatic heterocycles. The molecule has 1 fully saturated rings. The van der Waals surface area contributed by atoms with Crippen molar-refractivity contribution in [2.24, 2.45) is 0 Å². The summed E-state index contributed by atoms with van der Waals surface area (Å²) in [6, 6.07) is 5.76. The molecule has 1 aromatic heterocycles. The van der Waals surface area contributed by atoms with Crippen LogP contribution in [0.5, 0.6) is 0 Å². The molecular weight excluding hydrogens is 252 g/mol. The molecule has 0 bridgehead atoms. The van der Waals surface area contributed by atoms with Crippen LogP contribution in [0.4, 0.5) is 0 Å². The van der Waals surface area contributed by atoms with E-state index in [1.54, 1.807) is 0 Å². The first-order valence-corrected chi connectivity index (χ1v) is 6.34. The summed E-state index contributed by atoms with van der Waals surface area (Å²) in [7, 11) is 0. The Morgan fingerprint density at radius 3 is 3.06 bits per heavy atom. The molecule has 3 rings (SSSR count). The molecule has 0 radical (unpaired) electrons. The summed E-state index contributed by atoms with van der Waals surface area (Å²) in [5.74, 6) is -0.495. The third-order valence-electron chi connectivity index (χ3n) is 3.05. The largest absolute Gasteiger partial charge is 0.348 e. The van der Waals surface area contributed by atoms with Crippen molar-refractivity contribution in [2.45, 2.75) is 32.3 Å². The van der Waals surface area contributed by atoms with Gasteiger partial charge in [0.25, 0.3) is 0 Å². The number of benzene rings is 1. The standard InChI is InChI=1S/C13H15ClN2O2/c1-13(2)17-8-11(18-13)7-16-12-5-10(14)4-3-9(12)6-15-16/h3-6,11H,7-8H2,1-2H3. The normalized spacial score (nSPS) is 22.7. The van der Waals surface area contributed by atoms with Gasteiger partial charge in [0.05, 0.1) is 24.9 Å². The van der Waals surface area contributed by atoms with E-state index in [2.05, 4.69) is 5.10 Å². The summed E-state index contributed by atoms with van der Waals surface area (Å²) in [5.41, 5.74) is 1.02. The zero-order chi connectivity index (χ0) is 12.8. The molecule has 2 heterocycles. The van der Waals surface area contributed by atoms with Crippen LogP contribution in [0.15, 0.2) is 24.4 Å². The lowest BCUT2D eigenvalue weighted by Crippen LogP contribution is -2.24. The lowest BCUT2D eigenvalue weighted by Gasteiger charge is -2.17. The number of hydrogen-bond donors (Lipinski definition) is 0. The Kier molecular flexibility index (Phi) is 2.81. The maximum absolute atomic E-state index is 6.01. The Hall–Kier alpha value is -1.10. The molecule has 1 unspecified atom stereocenters. The summed E-state index contributed by atoms with van der Waals surface area (Å²) in [4.78, 5) is 0. The van der Waals surface area contributed by atoms with E-state index in [0.717, 1.165) is 10.9 Å². The summed E-state index contributed by atoms with van der Waals surface area (Å²) < 4.78 is 13.2. The maximum Gasteiger partial charge on any atom is 0.163 e. The Morgan fingerprint density at radius 2 is 2.33 bits per heavy atom. The molecular formula is C13H15ClN2O2. The van der Waals surface area contributed by atoms with Gasteiger partial charge in [-0.3, -0.25) is 4.68 Å². The van der Waals surface area contributed by atoms with Crippen molar-refractivity contribution in [3.63, 3.8) is 0 Å². The Labute approximate surface area is 110 Å². The predicted molar refractivity (Wildman–Crippen MR) is 69.6 cm³/mol. The monoisotopic (exact) mass is 266 g/mol. The van der Waals surface area contributed by atoms with Gasteiger partial charge in [0.2, 0.25) is 0 Å². The van der Waals surface area contributed by atoms with Crippen molar-refractivity contribution in [1.29, 1.82) is 0 Å². The number of halogens is 1. The average Bonchev–Trinajstić information content (AvgIpc) is 2.84. The quantitative estimate of drug-likeness (QED) is 0.839. The third kappa shape index (κ3) is 2.23. The molecule has 5 heteroatoms. The Balaban J connectivity index is 1.85. The van der Waals surface area contributed by atoms with Crippen molar-refractivity contribution < 1.29 is 9.47 Å². The maximum atomic E-state index is 6.01. The third-order valence-corrected chi connectivity index (χ3v) is 3.29. The topological polar surface area (TPSA) is 36.3 Å². The fraction of sp³-hybridized carbons (Fsp3) is 0.462. The summed E-state index contributed by atoms with van der Waals surface area (Å²) in [5, 5.41) is 6.17. The Morgan fingerprint density at radius 1 is 1.50 bits per heavy atom. The van der Waals surface area contributed by atoms with E-state index in [4.69, 9.17) is 21.1 Å². The lowest BCUT2D eigenvalue weighted by molar-refractivity contribution is -0.139. The van der Waals surface area contributed by atoms with Crippen molar-refractivity contribution in [3.05, 3.63) is 29.4 Å². The van der Waals surface area contributed by atoms with Gasteiger partial charge in [-0.05, 0) is 32.0 Å². The molecule has 1 atom stereocenters. The second-order valence-corrected chi connectivity index (χ2v) is 5.42. The van der Waals surface area contributed by atoms with Crippen LogP contribution in [-0.2, 0) is 16.0 Å². The molecule has 0 amide bonds. The number of fused-ring (bicyclic) bond motifs is 1. The van der Waals surface area contributed by atoms with E-state index in [1.165, 1.54) is 0 Å². The van der Waals surface area contributed by atoms with Crippen molar-refractivity contribution in [2.75, 3.05) is 6.61 Å². The molecule has 1 saturated heterocycles. The molecule has 1 aromatic carbocycles. The highest BCUT2D eigenvalue weighted by Crippen LogP contribution is 2.25. The fourth-order valence-electron chi connectivity index (χ4n) is 2.24. The van der Waals surface area contributed by atoms with E-state index in [-0.39, 0.29) is 6.10 Å². The van der Waals surface area contributed by atoms with Gasteiger partial charge < -0.3 is 9.47 Å². The average molecular weight is 267 g/mol. The van der Waals surface area contributed by atoms with Crippen LogP contribution in [0.25, 0.3) is 10.9 Å². The van der Waals surface area contributed by atoms with Gasteiger partial charge in [-0.25, -0.2) is 0 Å². The minimum Gasteiger partial charge on any atom is -0.348 e. The van der Waals surface area contributed by atoms with E-state index in [1.807, 2.05) is 42.9 Å². The summed E-state index contributed by atoms with van der Waals surface area (Å²) in [6.45, 7) is 5.11. The van der Waals surface area contributed by atoms with E-state index < -0.39 is 5.79 Å². The predicted octanol–water partition coefficient (Wildman–Crippen LogP) is 2.84. The van der Waals surface area contributed by atoms with Gasteiger partial charge in [-0.2, -0.15) is 5.10 Å². The molecule has 0 aliphatic carbocycles. The van der Waals surface area contributed by atoms with E-state index >= 15 is 0 Å². The molecule has 18 heavy (non-hydrogen) atoms. The first-order chi connectivity index (χ1) is 8.53. The summed E-state index contributed by atoms with van der Waals surface area (Å²) >= 11 is 6.01. The SMILES string of the molecule is CC1(C)OCC(Cn2ncc3ccc(Cl)cc32)O1. The first kappa shape index (κ1) is 12.0. The fourth-order valence-corrected chi connectivity index (χ4v) is 2.40. The van der Waals surface area contributed by atoms with Crippen LogP contribution in [0, 0.1) is 0 Å². The first-order valence-electron chi connectivity index (χ1n) is 5.96. The van der Waals surface area contributed by atoms with Crippen LogP contribution in [0.1, 0.15) is 13.8 Å². The van der Waals surface area contributed by atoms with Crippen molar-refractivity contribution >= 4 is 22.5 Å². The second kappa shape index (κ2) is 4.23. The Bertz CT molecular complexity index is 579. The van der Waals surface area contributed by atoms with Crippen LogP contribution in [-0.4, -0.2) is 28.3 Å². The molecule has 0 spiro atoms. The summed E-state index contributed by atoms with van der Waals surface area (Å²) in [6.07, 6.45) is 1.87. The number of aromatic nitrogens is 2. The molecule has 4 nitrogen and oxygen atoms in total. The molecule has 2 aromatic rings. The van der Waals surface area contributed by atoms with Crippen molar-refractivity contribution in [3.8, 4) is 0 Å². The number of ether oxygens (including phenoxy) is 2. The van der Waals surface area contributed by atoms with Gasteiger partial charge >= 0.3 is 0 Å².